The first-order valence-electron chi connectivity index (χ1n) is 3.05. The van der Waals surface area contributed by atoms with Crippen molar-refractivity contribution in [2.75, 3.05) is 0 Å². The smallest absolute Gasteiger partial charge is 0.0626 e. The van der Waals surface area contributed by atoms with Crippen LogP contribution in [-0.4, -0.2) is 1.93 Å². The first kappa shape index (κ1) is 9.46. The molecule has 0 radical (unpaired) electrons. The minimum Gasteiger partial charge on any atom is -0.0710 e. The van der Waals surface area contributed by atoms with Gasteiger partial charge >= 0.3 is 0 Å². The molecule has 0 aliphatic carbocycles. The standard InChI is InChI=1S/C6H12I2/c1-2-3-4-5-6(7)8/h6H,2-5H2,1H3. The van der Waals surface area contributed by atoms with Crippen LogP contribution in [0.2, 0.25) is 0 Å². The third-order valence-electron chi connectivity index (χ3n) is 1.03. The second-order valence-corrected chi connectivity index (χ2v) is 7.28. The maximum absolute atomic E-state index is 2.47. The Morgan fingerprint density at radius 1 is 1.25 bits per heavy atom. The van der Waals surface area contributed by atoms with E-state index in [1.165, 1.54) is 25.7 Å². The lowest BCUT2D eigenvalue weighted by molar-refractivity contribution is 0.706. The number of hydrogen-bond acceptors (Lipinski definition) is 0. The van der Waals surface area contributed by atoms with Crippen LogP contribution in [0.4, 0.5) is 0 Å². The summed E-state index contributed by atoms with van der Waals surface area (Å²) >= 11 is 4.94. The van der Waals surface area contributed by atoms with Crippen LogP contribution in [-0.2, 0) is 0 Å². The van der Waals surface area contributed by atoms with E-state index in [-0.39, 0.29) is 0 Å². The molecule has 0 unspecified atom stereocenters. The summed E-state index contributed by atoms with van der Waals surface area (Å²) in [5.74, 6) is 0. The molecule has 0 aromatic heterocycles. The van der Waals surface area contributed by atoms with Crippen LogP contribution in [0, 0.1) is 0 Å². The summed E-state index contributed by atoms with van der Waals surface area (Å²) < 4.78 is 0.844. The Morgan fingerprint density at radius 2 is 1.88 bits per heavy atom. The van der Waals surface area contributed by atoms with Crippen LogP contribution in [0.5, 0.6) is 0 Å². The highest BCUT2D eigenvalue weighted by Gasteiger charge is 1.94. The summed E-state index contributed by atoms with van der Waals surface area (Å²) in [4.78, 5) is 0. The van der Waals surface area contributed by atoms with Gasteiger partial charge in [0.15, 0.2) is 0 Å². The van der Waals surface area contributed by atoms with E-state index < -0.39 is 0 Å². The van der Waals surface area contributed by atoms with Gasteiger partial charge in [-0.1, -0.05) is 71.4 Å². The van der Waals surface area contributed by atoms with Crippen LogP contribution in [0.1, 0.15) is 32.6 Å². The number of hydrogen-bond donors (Lipinski definition) is 0. The molecule has 0 amide bonds. The summed E-state index contributed by atoms with van der Waals surface area (Å²) in [6.07, 6.45) is 5.55. The average molecular weight is 338 g/mol. The Labute approximate surface area is 79.1 Å². The van der Waals surface area contributed by atoms with E-state index in [1.54, 1.807) is 0 Å². The van der Waals surface area contributed by atoms with Gasteiger partial charge in [-0.05, 0) is 6.42 Å². The Kier molecular flexibility index (Phi) is 7.78. The lowest BCUT2D eigenvalue weighted by Crippen LogP contribution is -1.83. The van der Waals surface area contributed by atoms with Gasteiger partial charge in [-0.2, -0.15) is 0 Å². The van der Waals surface area contributed by atoms with E-state index in [1.807, 2.05) is 0 Å². The normalized spacial score (nSPS) is 10.5. The van der Waals surface area contributed by atoms with Gasteiger partial charge in [0.1, 0.15) is 0 Å². The van der Waals surface area contributed by atoms with Crippen molar-refractivity contribution in [1.29, 1.82) is 0 Å². The number of halogens is 2. The van der Waals surface area contributed by atoms with E-state index in [2.05, 4.69) is 52.1 Å². The number of rotatable bonds is 4. The summed E-state index contributed by atoms with van der Waals surface area (Å²) in [6.45, 7) is 2.25. The molecule has 50 valence electrons. The van der Waals surface area contributed by atoms with Gasteiger partial charge in [-0.15, -0.1) is 0 Å². The third-order valence-corrected chi connectivity index (χ3v) is 2.27. The molecule has 0 atom stereocenters. The molecule has 0 aliphatic heterocycles. The van der Waals surface area contributed by atoms with E-state index in [0.29, 0.717) is 0 Å². The summed E-state index contributed by atoms with van der Waals surface area (Å²) in [7, 11) is 0. The van der Waals surface area contributed by atoms with Gasteiger partial charge in [0, 0.05) is 0 Å². The van der Waals surface area contributed by atoms with E-state index >= 15 is 0 Å². The molecule has 0 spiro atoms. The molecule has 0 aliphatic rings. The third kappa shape index (κ3) is 7.46. The van der Waals surface area contributed by atoms with Crippen molar-refractivity contribution in [3.8, 4) is 0 Å². The first-order chi connectivity index (χ1) is 3.77. The lowest BCUT2D eigenvalue weighted by Gasteiger charge is -1.97. The van der Waals surface area contributed by atoms with Gasteiger partial charge in [0.25, 0.3) is 0 Å². The minimum absolute atomic E-state index is 0.844. The van der Waals surface area contributed by atoms with Gasteiger partial charge in [0.05, 0.1) is 1.93 Å². The van der Waals surface area contributed by atoms with Crippen LogP contribution in [0.3, 0.4) is 0 Å². The van der Waals surface area contributed by atoms with Gasteiger partial charge < -0.3 is 0 Å². The second-order valence-electron chi connectivity index (χ2n) is 1.89. The first-order valence-corrected chi connectivity index (χ1v) is 5.54. The molecule has 0 fully saturated rings. The van der Waals surface area contributed by atoms with E-state index in [0.717, 1.165) is 1.93 Å². The molecule has 2 heteroatoms. The van der Waals surface area contributed by atoms with E-state index in [4.69, 9.17) is 0 Å². The fraction of sp³-hybridized carbons (Fsp3) is 1.00. The maximum atomic E-state index is 2.47. The quantitative estimate of drug-likeness (QED) is 0.416. The molecule has 0 heterocycles. The lowest BCUT2D eigenvalue weighted by atomic mass is 10.2. The average Bonchev–Trinajstić information content (AvgIpc) is 1.66. The van der Waals surface area contributed by atoms with Crippen molar-refractivity contribution in [2.24, 2.45) is 0 Å². The van der Waals surface area contributed by atoms with Gasteiger partial charge in [-0.25, -0.2) is 0 Å². The Hall–Kier alpha value is 1.46. The largest absolute Gasteiger partial charge is 0.0710 e. The van der Waals surface area contributed by atoms with Gasteiger partial charge in [0.2, 0.25) is 0 Å². The molecule has 0 aromatic carbocycles. The molecule has 0 N–H and O–H groups in total. The van der Waals surface area contributed by atoms with Crippen LogP contribution >= 0.6 is 45.2 Å². The summed E-state index contributed by atoms with van der Waals surface area (Å²) in [5, 5.41) is 0. The van der Waals surface area contributed by atoms with Crippen molar-refractivity contribution < 1.29 is 0 Å². The maximum Gasteiger partial charge on any atom is 0.0626 e. The zero-order valence-electron chi connectivity index (χ0n) is 5.16. The molecule has 8 heavy (non-hydrogen) atoms. The minimum atomic E-state index is 0.844. The summed E-state index contributed by atoms with van der Waals surface area (Å²) in [5.41, 5.74) is 0. The van der Waals surface area contributed by atoms with Gasteiger partial charge in [-0.3, -0.25) is 0 Å². The topological polar surface area (TPSA) is 0 Å². The molecule has 0 saturated heterocycles. The highest BCUT2D eigenvalue weighted by molar-refractivity contribution is 14.2. The van der Waals surface area contributed by atoms with Crippen molar-refractivity contribution in [3.05, 3.63) is 0 Å². The van der Waals surface area contributed by atoms with Crippen LogP contribution in [0.15, 0.2) is 0 Å². The fourth-order valence-corrected chi connectivity index (χ4v) is 1.43. The monoisotopic (exact) mass is 338 g/mol. The molecule has 0 bridgehead atoms. The zero-order valence-corrected chi connectivity index (χ0v) is 9.48. The zero-order chi connectivity index (χ0) is 6.41. The van der Waals surface area contributed by atoms with Crippen molar-refractivity contribution in [1.82, 2.24) is 0 Å². The molecule has 0 saturated carbocycles. The highest BCUT2D eigenvalue weighted by Crippen LogP contribution is 2.17. The van der Waals surface area contributed by atoms with Crippen molar-refractivity contribution >= 4 is 45.2 Å². The molecule has 0 aromatic rings. The van der Waals surface area contributed by atoms with Crippen molar-refractivity contribution in [3.63, 3.8) is 0 Å². The predicted octanol–water partition coefficient (Wildman–Crippen LogP) is 3.76. The number of unbranched alkanes of at least 4 members (excludes halogenated alkanes) is 2. The Balaban J connectivity index is 2.72. The summed E-state index contributed by atoms with van der Waals surface area (Å²) in [6, 6.07) is 0. The highest BCUT2D eigenvalue weighted by atomic mass is 127. The molecule has 0 nitrogen and oxygen atoms in total. The number of alkyl halides is 2. The van der Waals surface area contributed by atoms with Crippen LogP contribution < -0.4 is 0 Å². The molecule has 0 rings (SSSR count). The Morgan fingerprint density at radius 3 is 2.25 bits per heavy atom. The fourth-order valence-electron chi connectivity index (χ4n) is 0.549. The molecular formula is C6H12I2. The predicted molar refractivity (Wildman–Crippen MR) is 56.0 cm³/mol. The van der Waals surface area contributed by atoms with E-state index in [9.17, 15) is 0 Å². The Bertz CT molecular complexity index is 43.8. The van der Waals surface area contributed by atoms with Crippen LogP contribution in [0.25, 0.3) is 0 Å². The second kappa shape index (κ2) is 6.58. The SMILES string of the molecule is CCCCCC(I)I. The van der Waals surface area contributed by atoms with Crippen molar-refractivity contribution in [2.45, 2.75) is 34.5 Å². The molecular weight excluding hydrogens is 326 g/mol.